The second kappa shape index (κ2) is 3.65. The Bertz CT molecular complexity index is 215. The molecule has 1 aliphatic carbocycles. The van der Waals surface area contributed by atoms with E-state index in [1.807, 2.05) is 6.08 Å². The van der Waals surface area contributed by atoms with Crippen molar-refractivity contribution in [2.45, 2.75) is 40.0 Å². The Kier molecular flexibility index (Phi) is 2.94. The summed E-state index contributed by atoms with van der Waals surface area (Å²) in [4.78, 5) is 11.5. The highest BCUT2D eigenvalue weighted by Gasteiger charge is 2.39. The van der Waals surface area contributed by atoms with Crippen LogP contribution in [0.3, 0.4) is 0 Å². The van der Waals surface area contributed by atoms with Crippen LogP contribution in [0.4, 0.5) is 0 Å². The van der Waals surface area contributed by atoms with E-state index in [-0.39, 0.29) is 5.92 Å². The third-order valence-electron chi connectivity index (χ3n) is 3.55. The predicted molar refractivity (Wildman–Crippen MR) is 55.5 cm³/mol. The van der Waals surface area contributed by atoms with Gasteiger partial charge in [-0.05, 0) is 24.2 Å². The molecule has 0 radical (unpaired) electrons. The van der Waals surface area contributed by atoms with Gasteiger partial charge in [0.05, 0.1) is 0 Å². The standard InChI is InChI=1S/C12H20O/c1-5-6-10-9(2)11(13)7-8-12(10,3)4/h5,9-10H,1,6-8H2,2-4H3. The summed E-state index contributed by atoms with van der Waals surface area (Å²) >= 11 is 0. The Morgan fingerprint density at radius 1 is 1.62 bits per heavy atom. The van der Waals surface area contributed by atoms with Gasteiger partial charge in [-0.1, -0.05) is 26.8 Å². The van der Waals surface area contributed by atoms with Crippen LogP contribution in [0.25, 0.3) is 0 Å². The molecule has 0 saturated heterocycles. The molecule has 0 bridgehead atoms. The molecule has 0 aliphatic heterocycles. The number of hydrogen-bond acceptors (Lipinski definition) is 1. The quantitative estimate of drug-likeness (QED) is 0.596. The summed E-state index contributed by atoms with van der Waals surface area (Å²) in [6.45, 7) is 10.4. The molecule has 1 saturated carbocycles. The first-order valence-corrected chi connectivity index (χ1v) is 5.12. The van der Waals surface area contributed by atoms with E-state index in [9.17, 15) is 4.79 Å². The fourth-order valence-corrected chi connectivity index (χ4v) is 2.46. The second-order valence-electron chi connectivity index (χ2n) is 4.87. The van der Waals surface area contributed by atoms with Crippen molar-refractivity contribution in [1.82, 2.24) is 0 Å². The van der Waals surface area contributed by atoms with Gasteiger partial charge in [-0.3, -0.25) is 4.79 Å². The molecule has 13 heavy (non-hydrogen) atoms. The van der Waals surface area contributed by atoms with Crippen LogP contribution in [0.15, 0.2) is 12.7 Å². The summed E-state index contributed by atoms with van der Waals surface area (Å²) in [7, 11) is 0. The van der Waals surface area contributed by atoms with Gasteiger partial charge in [0.1, 0.15) is 5.78 Å². The summed E-state index contributed by atoms with van der Waals surface area (Å²) in [6.07, 6.45) is 4.72. The summed E-state index contributed by atoms with van der Waals surface area (Å²) < 4.78 is 0. The van der Waals surface area contributed by atoms with Crippen molar-refractivity contribution in [1.29, 1.82) is 0 Å². The first-order valence-electron chi connectivity index (χ1n) is 5.12. The van der Waals surface area contributed by atoms with Crippen LogP contribution < -0.4 is 0 Å². The number of ketones is 1. The van der Waals surface area contributed by atoms with Crippen LogP contribution in [0.2, 0.25) is 0 Å². The summed E-state index contributed by atoms with van der Waals surface area (Å²) in [5.74, 6) is 1.15. The maximum absolute atomic E-state index is 11.5. The van der Waals surface area contributed by atoms with Gasteiger partial charge in [-0.2, -0.15) is 0 Å². The van der Waals surface area contributed by atoms with Crippen LogP contribution in [-0.4, -0.2) is 5.78 Å². The van der Waals surface area contributed by atoms with E-state index in [1.54, 1.807) is 0 Å². The molecule has 1 rings (SSSR count). The highest BCUT2D eigenvalue weighted by molar-refractivity contribution is 5.82. The zero-order valence-electron chi connectivity index (χ0n) is 8.97. The van der Waals surface area contributed by atoms with Gasteiger partial charge in [-0.25, -0.2) is 0 Å². The molecule has 0 aromatic heterocycles. The molecule has 0 heterocycles. The molecule has 1 aliphatic rings. The van der Waals surface area contributed by atoms with E-state index in [0.29, 0.717) is 17.1 Å². The number of carbonyl (C=O) groups is 1. The molecule has 0 spiro atoms. The average Bonchev–Trinajstić information content (AvgIpc) is 2.07. The monoisotopic (exact) mass is 180 g/mol. The molecular weight excluding hydrogens is 160 g/mol. The first kappa shape index (κ1) is 10.5. The molecule has 74 valence electrons. The van der Waals surface area contributed by atoms with Crippen LogP contribution >= 0.6 is 0 Å². The molecule has 0 amide bonds. The van der Waals surface area contributed by atoms with Crippen LogP contribution in [0.1, 0.15) is 40.0 Å². The van der Waals surface area contributed by atoms with Gasteiger partial charge in [-0.15, -0.1) is 6.58 Å². The van der Waals surface area contributed by atoms with E-state index < -0.39 is 0 Å². The van der Waals surface area contributed by atoms with Crippen molar-refractivity contribution < 1.29 is 4.79 Å². The van der Waals surface area contributed by atoms with Gasteiger partial charge in [0, 0.05) is 12.3 Å². The molecule has 1 heteroatoms. The normalized spacial score (nSPS) is 33.0. The summed E-state index contributed by atoms with van der Waals surface area (Å²) in [5, 5.41) is 0. The Labute approximate surface area is 81.2 Å². The number of hydrogen-bond donors (Lipinski definition) is 0. The van der Waals surface area contributed by atoms with Crippen LogP contribution in [0, 0.1) is 17.3 Å². The highest BCUT2D eigenvalue weighted by Crippen LogP contribution is 2.44. The SMILES string of the molecule is C=CCC1C(C)C(=O)CCC1(C)C. The smallest absolute Gasteiger partial charge is 0.136 e. The fourth-order valence-electron chi connectivity index (χ4n) is 2.46. The van der Waals surface area contributed by atoms with Crippen molar-refractivity contribution in [3.05, 3.63) is 12.7 Å². The Morgan fingerprint density at radius 3 is 2.77 bits per heavy atom. The van der Waals surface area contributed by atoms with E-state index in [4.69, 9.17) is 0 Å². The minimum atomic E-state index is 0.224. The fraction of sp³-hybridized carbons (Fsp3) is 0.750. The van der Waals surface area contributed by atoms with Crippen molar-refractivity contribution in [2.75, 3.05) is 0 Å². The largest absolute Gasteiger partial charge is 0.299 e. The minimum absolute atomic E-state index is 0.224. The predicted octanol–water partition coefficient (Wildman–Crippen LogP) is 3.20. The van der Waals surface area contributed by atoms with Gasteiger partial charge in [0.25, 0.3) is 0 Å². The summed E-state index contributed by atoms with van der Waals surface area (Å²) in [6, 6.07) is 0. The number of rotatable bonds is 2. The first-order chi connectivity index (χ1) is 5.99. The zero-order valence-corrected chi connectivity index (χ0v) is 8.97. The molecule has 0 aromatic carbocycles. The maximum Gasteiger partial charge on any atom is 0.136 e. The molecular formula is C12H20O. The topological polar surface area (TPSA) is 17.1 Å². The molecule has 0 aromatic rings. The third-order valence-corrected chi connectivity index (χ3v) is 3.55. The second-order valence-corrected chi connectivity index (χ2v) is 4.87. The van der Waals surface area contributed by atoms with Gasteiger partial charge >= 0.3 is 0 Å². The van der Waals surface area contributed by atoms with Crippen molar-refractivity contribution >= 4 is 5.78 Å². The minimum Gasteiger partial charge on any atom is -0.299 e. The Morgan fingerprint density at radius 2 is 2.23 bits per heavy atom. The van der Waals surface area contributed by atoms with Crippen LogP contribution in [0.5, 0.6) is 0 Å². The number of carbonyl (C=O) groups excluding carboxylic acids is 1. The third kappa shape index (κ3) is 2.01. The summed E-state index contributed by atoms with van der Waals surface area (Å²) in [5.41, 5.74) is 0.307. The van der Waals surface area contributed by atoms with Crippen LogP contribution in [-0.2, 0) is 4.79 Å². The maximum atomic E-state index is 11.5. The lowest BCUT2D eigenvalue weighted by molar-refractivity contribution is -0.130. The van der Waals surface area contributed by atoms with E-state index in [2.05, 4.69) is 27.4 Å². The molecule has 1 fully saturated rings. The molecule has 1 nitrogen and oxygen atoms in total. The average molecular weight is 180 g/mol. The lowest BCUT2D eigenvalue weighted by Crippen LogP contribution is -2.38. The Hall–Kier alpha value is -0.590. The number of allylic oxidation sites excluding steroid dienone is 1. The highest BCUT2D eigenvalue weighted by atomic mass is 16.1. The van der Waals surface area contributed by atoms with Crippen molar-refractivity contribution in [3.63, 3.8) is 0 Å². The van der Waals surface area contributed by atoms with Gasteiger partial charge in [0.15, 0.2) is 0 Å². The Balaban J connectivity index is 2.81. The van der Waals surface area contributed by atoms with Gasteiger partial charge < -0.3 is 0 Å². The van der Waals surface area contributed by atoms with Crippen molar-refractivity contribution in [3.8, 4) is 0 Å². The molecule has 2 atom stereocenters. The van der Waals surface area contributed by atoms with E-state index >= 15 is 0 Å². The lowest BCUT2D eigenvalue weighted by atomic mass is 9.62. The lowest BCUT2D eigenvalue weighted by Gasteiger charge is -2.41. The molecule has 0 N–H and O–H groups in total. The zero-order chi connectivity index (χ0) is 10.1. The molecule has 2 unspecified atom stereocenters. The van der Waals surface area contributed by atoms with E-state index in [1.165, 1.54) is 0 Å². The van der Waals surface area contributed by atoms with Gasteiger partial charge in [0.2, 0.25) is 0 Å². The number of Topliss-reactive ketones (excluding diaryl/α,β-unsaturated/α-hetero) is 1. The van der Waals surface area contributed by atoms with Crippen molar-refractivity contribution in [2.24, 2.45) is 17.3 Å². The van der Waals surface area contributed by atoms with E-state index in [0.717, 1.165) is 19.3 Å².